The smallest absolute Gasteiger partial charge is 0.143 e. The van der Waals surface area contributed by atoms with Gasteiger partial charge in [-0.15, -0.1) is 0 Å². The van der Waals surface area contributed by atoms with E-state index in [0.29, 0.717) is 18.1 Å². The monoisotopic (exact) mass is 204 g/mol. The van der Waals surface area contributed by atoms with Gasteiger partial charge in [0, 0.05) is 25.4 Å². The number of ketones is 1. The minimum Gasteiger partial charge on any atom is -0.338 e. The quantitative estimate of drug-likeness (QED) is 0.749. The number of fused-ring (bicyclic) bond motifs is 1. The fraction of sp³-hybridized carbons (Fsp3) is 0.667. The molecule has 0 spiro atoms. The minimum atomic E-state index is 0.338. The molecular weight excluding hydrogens is 188 g/mol. The Hall–Kier alpha value is -1.12. The molecule has 2 saturated carbocycles. The summed E-state index contributed by atoms with van der Waals surface area (Å²) in [5.41, 5.74) is 0. The number of rotatable bonds is 3. The molecule has 0 aromatic carbocycles. The van der Waals surface area contributed by atoms with Crippen LogP contribution < -0.4 is 0 Å². The topological polar surface area (TPSA) is 34.9 Å². The molecule has 0 bridgehead atoms. The number of carbonyl (C=O) groups excluding carboxylic acids is 1. The van der Waals surface area contributed by atoms with Crippen molar-refractivity contribution >= 4 is 5.78 Å². The van der Waals surface area contributed by atoms with Gasteiger partial charge in [0.25, 0.3) is 0 Å². The summed E-state index contributed by atoms with van der Waals surface area (Å²) in [6, 6.07) is 0. The van der Waals surface area contributed by atoms with Gasteiger partial charge in [-0.05, 0) is 31.1 Å². The van der Waals surface area contributed by atoms with E-state index in [4.69, 9.17) is 0 Å². The van der Waals surface area contributed by atoms with Crippen molar-refractivity contribution < 1.29 is 4.79 Å². The van der Waals surface area contributed by atoms with Crippen molar-refractivity contribution in [1.82, 2.24) is 9.55 Å². The predicted octanol–water partition coefficient (Wildman–Crippen LogP) is 1.58. The Morgan fingerprint density at radius 1 is 1.47 bits per heavy atom. The van der Waals surface area contributed by atoms with Crippen LogP contribution in [-0.2, 0) is 18.3 Å². The number of carbonyl (C=O) groups is 1. The first-order valence-corrected chi connectivity index (χ1v) is 5.73. The van der Waals surface area contributed by atoms with Crippen molar-refractivity contribution in [2.75, 3.05) is 0 Å². The highest BCUT2D eigenvalue weighted by Crippen LogP contribution is 2.54. The maximum absolute atomic E-state index is 12.0. The van der Waals surface area contributed by atoms with Crippen LogP contribution in [0.15, 0.2) is 12.4 Å². The molecule has 0 aliphatic heterocycles. The van der Waals surface area contributed by atoms with Gasteiger partial charge < -0.3 is 4.57 Å². The van der Waals surface area contributed by atoms with Crippen molar-refractivity contribution in [3.05, 3.63) is 18.2 Å². The fourth-order valence-corrected chi connectivity index (χ4v) is 2.84. The van der Waals surface area contributed by atoms with E-state index >= 15 is 0 Å². The van der Waals surface area contributed by atoms with Crippen molar-refractivity contribution in [1.29, 1.82) is 0 Å². The van der Waals surface area contributed by atoms with Gasteiger partial charge in [-0.25, -0.2) is 4.98 Å². The van der Waals surface area contributed by atoms with Gasteiger partial charge >= 0.3 is 0 Å². The largest absolute Gasteiger partial charge is 0.338 e. The van der Waals surface area contributed by atoms with Gasteiger partial charge in [-0.1, -0.05) is 0 Å². The summed E-state index contributed by atoms with van der Waals surface area (Å²) >= 11 is 0. The van der Waals surface area contributed by atoms with E-state index in [-0.39, 0.29) is 0 Å². The van der Waals surface area contributed by atoms with Crippen LogP contribution >= 0.6 is 0 Å². The van der Waals surface area contributed by atoms with Crippen LogP contribution in [0.25, 0.3) is 0 Å². The average Bonchev–Trinajstić information content (AvgIpc) is 2.64. The number of aryl methyl sites for hydroxylation is 1. The molecular formula is C12H16N2O. The Balaban J connectivity index is 1.64. The highest BCUT2D eigenvalue weighted by Gasteiger charge is 2.47. The third kappa shape index (κ3) is 1.60. The van der Waals surface area contributed by atoms with Gasteiger partial charge in [0.1, 0.15) is 11.6 Å². The van der Waals surface area contributed by atoms with Gasteiger partial charge in [-0.2, -0.15) is 0 Å². The van der Waals surface area contributed by atoms with Crippen LogP contribution in [0, 0.1) is 17.8 Å². The van der Waals surface area contributed by atoms with Crippen LogP contribution in [0.1, 0.15) is 25.1 Å². The lowest BCUT2D eigenvalue weighted by atomic mass is 9.96. The molecule has 1 aromatic heterocycles. The number of imidazole rings is 1. The molecule has 1 heterocycles. The van der Waals surface area contributed by atoms with Crippen molar-refractivity contribution in [3.63, 3.8) is 0 Å². The number of hydrogen-bond acceptors (Lipinski definition) is 2. The Morgan fingerprint density at radius 2 is 2.20 bits per heavy atom. The summed E-state index contributed by atoms with van der Waals surface area (Å²) in [6.45, 7) is 0. The number of nitrogens with zero attached hydrogens (tertiary/aromatic N) is 2. The normalized spacial score (nSPS) is 32.7. The number of Topliss-reactive ketones (excluding diaryl/α,β-unsaturated/α-hetero) is 1. The van der Waals surface area contributed by atoms with Crippen LogP contribution in [-0.4, -0.2) is 15.3 Å². The minimum absolute atomic E-state index is 0.338. The summed E-state index contributed by atoms with van der Waals surface area (Å²) in [5, 5.41) is 0. The van der Waals surface area contributed by atoms with Crippen molar-refractivity contribution in [2.24, 2.45) is 24.8 Å². The first-order valence-electron chi connectivity index (χ1n) is 5.73. The second-order valence-electron chi connectivity index (χ2n) is 5.02. The average molecular weight is 204 g/mol. The highest BCUT2D eigenvalue weighted by molar-refractivity contribution is 5.83. The summed E-state index contributed by atoms with van der Waals surface area (Å²) in [4.78, 5) is 16.2. The highest BCUT2D eigenvalue weighted by atomic mass is 16.1. The van der Waals surface area contributed by atoms with E-state index in [2.05, 4.69) is 4.98 Å². The predicted molar refractivity (Wildman–Crippen MR) is 56.2 cm³/mol. The van der Waals surface area contributed by atoms with Gasteiger partial charge in [0.05, 0.1) is 6.42 Å². The molecule has 2 aliphatic rings. The van der Waals surface area contributed by atoms with Gasteiger partial charge in [0.15, 0.2) is 0 Å². The zero-order valence-electron chi connectivity index (χ0n) is 9.02. The standard InChI is InChI=1S/C12H16N2O/c1-14-3-2-13-12(14)7-11(15)10-5-8-4-9(8)6-10/h2-3,8-10H,4-7H2,1H3. The first-order chi connectivity index (χ1) is 7.24. The molecule has 15 heavy (non-hydrogen) atoms. The second-order valence-corrected chi connectivity index (χ2v) is 5.02. The zero-order chi connectivity index (χ0) is 10.4. The third-order valence-corrected chi connectivity index (χ3v) is 3.95. The van der Waals surface area contributed by atoms with E-state index in [9.17, 15) is 4.79 Å². The molecule has 0 radical (unpaired) electrons. The molecule has 2 aliphatic carbocycles. The Labute approximate surface area is 89.5 Å². The molecule has 1 aromatic rings. The number of aromatic nitrogens is 2. The van der Waals surface area contributed by atoms with E-state index in [1.54, 1.807) is 6.20 Å². The molecule has 3 rings (SSSR count). The SMILES string of the molecule is Cn1ccnc1CC(=O)C1CC2CC2C1. The lowest BCUT2D eigenvalue weighted by molar-refractivity contribution is -0.122. The molecule has 2 unspecified atom stereocenters. The molecule has 3 heteroatoms. The molecule has 2 atom stereocenters. The Morgan fingerprint density at radius 3 is 2.80 bits per heavy atom. The van der Waals surface area contributed by atoms with Crippen molar-refractivity contribution in [2.45, 2.75) is 25.7 Å². The lowest BCUT2D eigenvalue weighted by Crippen LogP contribution is -2.17. The summed E-state index contributed by atoms with van der Waals surface area (Å²) in [6.07, 6.45) is 7.85. The molecule has 80 valence electrons. The molecule has 3 nitrogen and oxygen atoms in total. The van der Waals surface area contributed by atoms with Crippen LogP contribution in [0.5, 0.6) is 0 Å². The lowest BCUT2D eigenvalue weighted by Gasteiger charge is -2.09. The molecule has 2 fully saturated rings. The molecule has 0 amide bonds. The first kappa shape index (κ1) is 9.13. The van der Waals surface area contributed by atoms with E-state index in [0.717, 1.165) is 30.5 Å². The van der Waals surface area contributed by atoms with Gasteiger partial charge in [0.2, 0.25) is 0 Å². The third-order valence-electron chi connectivity index (χ3n) is 3.95. The van der Waals surface area contributed by atoms with Crippen LogP contribution in [0.2, 0.25) is 0 Å². The fourth-order valence-electron chi connectivity index (χ4n) is 2.84. The van der Waals surface area contributed by atoms with E-state index in [1.165, 1.54) is 6.42 Å². The number of hydrogen-bond donors (Lipinski definition) is 0. The zero-order valence-corrected chi connectivity index (χ0v) is 9.02. The maximum atomic E-state index is 12.0. The summed E-state index contributed by atoms with van der Waals surface area (Å²) < 4.78 is 1.94. The maximum Gasteiger partial charge on any atom is 0.143 e. The molecule has 0 N–H and O–H groups in total. The second kappa shape index (κ2) is 3.19. The van der Waals surface area contributed by atoms with Crippen molar-refractivity contribution in [3.8, 4) is 0 Å². The molecule has 0 saturated heterocycles. The van der Waals surface area contributed by atoms with Crippen LogP contribution in [0.4, 0.5) is 0 Å². The van der Waals surface area contributed by atoms with E-state index in [1.807, 2.05) is 17.8 Å². The summed E-state index contributed by atoms with van der Waals surface area (Å²) in [7, 11) is 1.95. The van der Waals surface area contributed by atoms with E-state index < -0.39 is 0 Å². The summed E-state index contributed by atoms with van der Waals surface area (Å²) in [5.74, 6) is 3.42. The Bertz CT molecular complexity index is 386. The Kier molecular flexibility index (Phi) is 1.94. The van der Waals surface area contributed by atoms with Gasteiger partial charge in [-0.3, -0.25) is 4.79 Å². The van der Waals surface area contributed by atoms with Crippen LogP contribution in [0.3, 0.4) is 0 Å².